The summed E-state index contributed by atoms with van der Waals surface area (Å²) < 4.78 is 107. The van der Waals surface area contributed by atoms with Crippen LogP contribution >= 0.6 is 0 Å². The van der Waals surface area contributed by atoms with E-state index in [-0.39, 0.29) is 88.7 Å². The second kappa shape index (κ2) is 13.0. The summed E-state index contributed by atoms with van der Waals surface area (Å²) >= 11 is 0. The fraction of sp³-hybridized carbons (Fsp3) is 1.00. The van der Waals surface area contributed by atoms with Crippen LogP contribution in [0.4, 0.5) is 0 Å². The SMILES string of the molecule is CC(C)(C)[C@@H](OS(=O)(=O)[O-])[C@@H](COS(=O)(=O)[O-])OS(=O)(=O)[O-].[Na+].[Na+].[Na+]. The fourth-order valence-electron chi connectivity index (χ4n) is 1.36. The fourth-order valence-corrected chi connectivity index (χ4v) is 2.78. The van der Waals surface area contributed by atoms with Gasteiger partial charge in [0.05, 0.1) is 6.61 Å². The van der Waals surface area contributed by atoms with Crippen LogP contribution in [0.25, 0.3) is 0 Å². The molecule has 0 amide bonds. The van der Waals surface area contributed by atoms with Gasteiger partial charge in [0.25, 0.3) is 0 Å². The second-order valence-corrected chi connectivity index (χ2v) is 8.10. The largest absolute Gasteiger partial charge is 1.00 e. The Morgan fingerprint density at radius 2 is 1.12 bits per heavy atom. The zero-order chi connectivity index (χ0) is 18.0. The van der Waals surface area contributed by atoms with E-state index in [1.54, 1.807) is 0 Å². The Balaban J connectivity index is -0.000000735. The zero-order valence-corrected chi connectivity index (χ0v) is 22.9. The summed E-state index contributed by atoms with van der Waals surface area (Å²) in [5, 5.41) is 0. The number of hydrogen-bond acceptors (Lipinski definition) is 12. The minimum absolute atomic E-state index is 0. The normalized spacial score (nSPS) is 15.1. The van der Waals surface area contributed by atoms with Crippen molar-refractivity contribution in [2.45, 2.75) is 33.0 Å². The van der Waals surface area contributed by atoms with Gasteiger partial charge in [-0.2, -0.15) is 0 Å². The monoisotopic (exact) mass is 454 g/mol. The van der Waals surface area contributed by atoms with Gasteiger partial charge in [-0.1, -0.05) is 20.8 Å². The molecule has 2 atom stereocenters. The van der Waals surface area contributed by atoms with Crippen molar-refractivity contribution in [3.63, 3.8) is 0 Å². The first-order chi connectivity index (χ1) is 9.41. The van der Waals surface area contributed by atoms with Gasteiger partial charge >= 0.3 is 88.7 Å². The van der Waals surface area contributed by atoms with E-state index in [0.717, 1.165) is 0 Å². The molecule has 0 aliphatic carbocycles. The van der Waals surface area contributed by atoms with Crippen LogP contribution < -0.4 is 88.7 Å². The minimum atomic E-state index is -5.46. The molecule has 0 rings (SSSR count). The molecule has 0 N–H and O–H groups in total. The van der Waals surface area contributed by atoms with E-state index >= 15 is 0 Å². The van der Waals surface area contributed by atoms with E-state index in [1.807, 2.05) is 0 Å². The van der Waals surface area contributed by atoms with Gasteiger partial charge < -0.3 is 13.7 Å². The Hall–Kier alpha value is 2.61. The molecule has 0 aromatic heterocycles. The van der Waals surface area contributed by atoms with Gasteiger partial charge in [-0.15, -0.1) is 0 Å². The molecule has 0 heterocycles. The van der Waals surface area contributed by atoms with Gasteiger partial charge in [-0.25, -0.2) is 25.3 Å². The molecule has 0 bridgehead atoms. The van der Waals surface area contributed by atoms with Gasteiger partial charge in [0, 0.05) is 0 Å². The van der Waals surface area contributed by atoms with E-state index in [1.165, 1.54) is 20.8 Å². The van der Waals surface area contributed by atoms with Crippen LogP contribution in [-0.2, 0) is 43.7 Å². The third kappa shape index (κ3) is 19.7. The van der Waals surface area contributed by atoms with Crippen molar-refractivity contribution < 1.29 is 140 Å². The summed E-state index contributed by atoms with van der Waals surface area (Å²) in [5.74, 6) is 0. The topological polar surface area (TPSA) is 199 Å². The molecule has 0 unspecified atom stereocenters. The van der Waals surface area contributed by atoms with Crippen molar-refractivity contribution in [1.82, 2.24) is 0 Å². The van der Waals surface area contributed by atoms with Gasteiger partial charge in [-0.3, -0.25) is 12.5 Å². The molecule has 0 radical (unpaired) electrons. The van der Waals surface area contributed by atoms with Gasteiger partial charge in [0.2, 0.25) is 31.2 Å². The predicted molar refractivity (Wildman–Crippen MR) is 64.2 cm³/mol. The Labute approximate surface area is 213 Å². The van der Waals surface area contributed by atoms with Crippen molar-refractivity contribution in [3.8, 4) is 0 Å². The third-order valence-electron chi connectivity index (χ3n) is 2.03. The molecule has 0 aliphatic heterocycles. The zero-order valence-electron chi connectivity index (χ0n) is 14.5. The molecule has 0 aromatic carbocycles. The summed E-state index contributed by atoms with van der Waals surface area (Å²) in [4.78, 5) is 0. The van der Waals surface area contributed by atoms with Crippen LogP contribution in [0.5, 0.6) is 0 Å². The van der Waals surface area contributed by atoms with E-state index in [2.05, 4.69) is 12.5 Å². The van der Waals surface area contributed by atoms with Crippen LogP contribution in [0.3, 0.4) is 0 Å². The molecule has 0 aromatic rings. The quantitative estimate of drug-likeness (QED) is 0.191. The first-order valence-electron chi connectivity index (χ1n) is 5.29. The standard InChI is InChI=1S/C7H16O12S3.3Na/c1-7(2,3)6(19-22(14,15)16)5(18-21(11,12)13)4-17-20(8,9)10;;;/h5-6H,4H2,1-3H3,(H,8,9,10)(H,11,12,13)(H,14,15,16);;;/q;3*+1/p-3/t5-,6+;;;/m1.../s1. The van der Waals surface area contributed by atoms with E-state index in [4.69, 9.17) is 0 Å². The molecule has 12 nitrogen and oxygen atoms in total. The first kappa shape index (κ1) is 35.1. The summed E-state index contributed by atoms with van der Waals surface area (Å²) in [6.07, 6.45) is -4.10. The van der Waals surface area contributed by atoms with Crippen LogP contribution in [-0.4, -0.2) is 57.7 Å². The van der Waals surface area contributed by atoms with Crippen molar-refractivity contribution in [2.24, 2.45) is 5.41 Å². The average Bonchev–Trinajstić information content (AvgIpc) is 2.15. The Morgan fingerprint density at radius 3 is 1.36 bits per heavy atom. The van der Waals surface area contributed by atoms with E-state index in [9.17, 15) is 38.9 Å². The van der Waals surface area contributed by atoms with Crippen molar-refractivity contribution in [3.05, 3.63) is 0 Å². The summed E-state index contributed by atoms with van der Waals surface area (Å²) in [7, 11) is -16.1. The maximum Gasteiger partial charge on any atom is 1.00 e. The predicted octanol–water partition coefficient (Wildman–Crippen LogP) is -10.8. The number of rotatable bonds is 8. The third-order valence-corrected chi connectivity index (χ3v) is 3.38. The Kier molecular flexibility index (Phi) is 18.3. The molecule has 134 valence electrons. The smallest absolute Gasteiger partial charge is 0.726 e. The molecular formula is C7H13Na3O12S3. The molecular weight excluding hydrogens is 441 g/mol. The van der Waals surface area contributed by atoms with Gasteiger partial charge in [-0.05, 0) is 5.41 Å². The van der Waals surface area contributed by atoms with Crippen molar-refractivity contribution in [2.75, 3.05) is 6.61 Å². The van der Waals surface area contributed by atoms with Crippen LogP contribution in [0.15, 0.2) is 0 Å². The van der Waals surface area contributed by atoms with Crippen molar-refractivity contribution in [1.29, 1.82) is 0 Å². The summed E-state index contributed by atoms with van der Waals surface area (Å²) in [6.45, 7) is 2.44. The number of hydrogen-bond donors (Lipinski definition) is 0. The van der Waals surface area contributed by atoms with E-state index in [0.29, 0.717) is 0 Å². The van der Waals surface area contributed by atoms with E-state index < -0.39 is 55.4 Å². The second-order valence-electron chi connectivity index (χ2n) is 5.03. The van der Waals surface area contributed by atoms with Crippen LogP contribution in [0.1, 0.15) is 20.8 Å². The van der Waals surface area contributed by atoms with Gasteiger partial charge in [0.1, 0.15) is 12.2 Å². The maximum absolute atomic E-state index is 10.7. The summed E-state index contributed by atoms with van der Waals surface area (Å²) in [6, 6.07) is 0. The maximum atomic E-state index is 10.7. The molecule has 0 spiro atoms. The first-order valence-corrected chi connectivity index (χ1v) is 9.29. The van der Waals surface area contributed by atoms with Crippen molar-refractivity contribution >= 4 is 31.2 Å². The van der Waals surface area contributed by atoms with Crippen LogP contribution in [0.2, 0.25) is 0 Å². The van der Waals surface area contributed by atoms with Crippen LogP contribution in [0, 0.1) is 5.41 Å². The minimum Gasteiger partial charge on any atom is -0.726 e. The molecule has 0 saturated heterocycles. The Morgan fingerprint density at radius 1 is 0.760 bits per heavy atom. The molecule has 0 fully saturated rings. The Bertz CT molecular complexity index is 680. The molecule has 25 heavy (non-hydrogen) atoms. The molecule has 18 heteroatoms. The average molecular weight is 454 g/mol. The molecule has 0 aliphatic rings. The van der Waals surface area contributed by atoms with Gasteiger partial charge in [0.15, 0.2) is 0 Å². The summed E-state index contributed by atoms with van der Waals surface area (Å²) in [5.41, 5.74) is -1.32. The molecule has 0 saturated carbocycles.